The normalized spacial score (nSPS) is 12.2. The van der Waals surface area contributed by atoms with E-state index in [1.807, 2.05) is 43.3 Å². The molecule has 7 nitrogen and oxygen atoms in total. The molecular formula is C23H24FN3O4S. The Labute approximate surface area is 186 Å². The highest BCUT2D eigenvalue weighted by Crippen LogP contribution is 2.18. The summed E-state index contributed by atoms with van der Waals surface area (Å²) in [6.45, 7) is 2.18. The number of nitrogens with zero attached hydrogens (tertiary/aromatic N) is 1. The van der Waals surface area contributed by atoms with Gasteiger partial charge >= 0.3 is 0 Å². The zero-order chi connectivity index (χ0) is 23.0. The van der Waals surface area contributed by atoms with E-state index >= 15 is 0 Å². The molecule has 1 amide bonds. The number of hydrogen-bond acceptors (Lipinski definition) is 5. The van der Waals surface area contributed by atoms with Crippen molar-refractivity contribution >= 4 is 15.9 Å². The molecule has 0 fully saturated rings. The molecule has 1 aromatic heterocycles. The van der Waals surface area contributed by atoms with Crippen molar-refractivity contribution in [1.82, 2.24) is 15.0 Å². The maximum Gasteiger partial charge on any atom is 0.240 e. The molecule has 9 heteroatoms. The molecule has 2 N–H and O–H groups in total. The van der Waals surface area contributed by atoms with E-state index in [0.717, 1.165) is 23.3 Å². The van der Waals surface area contributed by atoms with Crippen molar-refractivity contribution in [3.8, 4) is 5.75 Å². The van der Waals surface area contributed by atoms with Gasteiger partial charge in [0.25, 0.3) is 0 Å². The Bertz CT molecular complexity index is 1120. The van der Waals surface area contributed by atoms with E-state index in [4.69, 9.17) is 4.74 Å². The molecule has 0 saturated carbocycles. The number of hydrogen-bond donors (Lipinski definition) is 2. The van der Waals surface area contributed by atoms with Crippen LogP contribution < -0.4 is 14.8 Å². The number of benzene rings is 2. The van der Waals surface area contributed by atoms with Gasteiger partial charge in [0.2, 0.25) is 15.9 Å². The van der Waals surface area contributed by atoms with Crippen LogP contribution in [0.3, 0.4) is 0 Å². The van der Waals surface area contributed by atoms with Gasteiger partial charge in [0.05, 0.1) is 10.9 Å². The Morgan fingerprint density at radius 3 is 2.47 bits per heavy atom. The summed E-state index contributed by atoms with van der Waals surface area (Å²) in [4.78, 5) is 16.2. The number of aromatic nitrogens is 1. The minimum Gasteiger partial charge on any atom is -0.489 e. The lowest BCUT2D eigenvalue weighted by Crippen LogP contribution is -2.32. The first kappa shape index (κ1) is 23.4. The smallest absolute Gasteiger partial charge is 0.240 e. The summed E-state index contributed by atoms with van der Waals surface area (Å²) >= 11 is 0. The summed E-state index contributed by atoms with van der Waals surface area (Å²) in [7, 11) is -3.80. The predicted molar refractivity (Wildman–Crippen MR) is 118 cm³/mol. The standard InChI is InChI=1S/C23H24FN3O4S/c1-17(19-4-8-21(9-5-19)31-16-18-3-2-13-25-15-18)27-23(28)12-14-26-32(29,30)22-10-6-20(24)7-11-22/h2-11,13,15,17,26H,12,14,16H2,1H3,(H,27,28). The number of amides is 1. The number of carbonyl (C=O) groups is 1. The van der Waals surface area contributed by atoms with E-state index in [-0.39, 0.29) is 29.8 Å². The third kappa shape index (κ3) is 6.86. The third-order valence-corrected chi connectivity index (χ3v) is 6.13. The molecule has 3 aromatic rings. The van der Waals surface area contributed by atoms with Crippen LogP contribution in [0.1, 0.15) is 30.5 Å². The van der Waals surface area contributed by atoms with E-state index in [9.17, 15) is 17.6 Å². The predicted octanol–water partition coefficient (Wildman–Crippen LogP) is 3.35. The van der Waals surface area contributed by atoms with Gasteiger partial charge < -0.3 is 10.1 Å². The van der Waals surface area contributed by atoms with Crippen LogP contribution in [-0.2, 0) is 21.4 Å². The van der Waals surface area contributed by atoms with Gasteiger partial charge in [0.1, 0.15) is 18.2 Å². The lowest BCUT2D eigenvalue weighted by Gasteiger charge is -2.15. The molecule has 0 aliphatic rings. The minimum atomic E-state index is -3.80. The summed E-state index contributed by atoms with van der Waals surface area (Å²) < 4.78 is 45.3. The van der Waals surface area contributed by atoms with Crippen LogP contribution in [0, 0.1) is 5.82 Å². The SMILES string of the molecule is CC(NC(=O)CCNS(=O)(=O)c1ccc(F)cc1)c1ccc(OCc2cccnc2)cc1. The fraction of sp³-hybridized carbons (Fsp3) is 0.217. The van der Waals surface area contributed by atoms with E-state index in [1.54, 1.807) is 12.4 Å². The molecule has 168 valence electrons. The molecule has 0 aliphatic heterocycles. The van der Waals surface area contributed by atoms with Crippen molar-refractivity contribution in [2.45, 2.75) is 30.9 Å². The number of ether oxygens (including phenoxy) is 1. The number of nitrogens with one attached hydrogen (secondary N) is 2. The Morgan fingerprint density at radius 1 is 1.09 bits per heavy atom. The molecule has 2 aromatic carbocycles. The second kappa shape index (κ2) is 10.8. The van der Waals surface area contributed by atoms with Crippen LogP contribution in [0.15, 0.2) is 78.0 Å². The Hall–Kier alpha value is -3.30. The van der Waals surface area contributed by atoms with Crippen molar-refractivity contribution in [2.24, 2.45) is 0 Å². The largest absolute Gasteiger partial charge is 0.489 e. The molecule has 0 spiro atoms. The van der Waals surface area contributed by atoms with Crippen molar-refractivity contribution in [2.75, 3.05) is 6.54 Å². The number of halogens is 1. The number of rotatable bonds is 10. The van der Waals surface area contributed by atoms with Gasteiger partial charge in [-0.05, 0) is 55.0 Å². The van der Waals surface area contributed by atoms with Crippen molar-refractivity contribution in [3.63, 3.8) is 0 Å². The lowest BCUT2D eigenvalue weighted by molar-refractivity contribution is -0.121. The highest BCUT2D eigenvalue weighted by atomic mass is 32.2. The van der Waals surface area contributed by atoms with Gasteiger partial charge in [-0.1, -0.05) is 18.2 Å². The fourth-order valence-electron chi connectivity index (χ4n) is 2.90. The minimum absolute atomic E-state index is 0.0307. The molecule has 32 heavy (non-hydrogen) atoms. The fourth-order valence-corrected chi connectivity index (χ4v) is 3.93. The monoisotopic (exact) mass is 457 g/mol. The molecule has 0 aliphatic carbocycles. The van der Waals surface area contributed by atoms with Crippen molar-refractivity contribution in [1.29, 1.82) is 0 Å². The second-order valence-corrected chi connectivity index (χ2v) is 8.88. The highest BCUT2D eigenvalue weighted by molar-refractivity contribution is 7.89. The average Bonchev–Trinajstić information content (AvgIpc) is 2.79. The third-order valence-electron chi connectivity index (χ3n) is 4.65. The van der Waals surface area contributed by atoms with Gasteiger partial charge in [0, 0.05) is 30.9 Å². The maximum absolute atomic E-state index is 12.9. The molecule has 0 bridgehead atoms. The Kier molecular flexibility index (Phi) is 7.91. The maximum atomic E-state index is 12.9. The summed E-state index contributed by atoms with van der Waals surface area (Å²) in [5.41, 5.74) is 1.85. The van der Waals surface area contributed by atoms with Gasteiger partial charge in [-0.25, -0.2) is 17.5 Å². The topological polar surface area (TPSA) is 97.4 Å². The molecule has 1 unspecified atom stereocenters. The zero-order valence-corrected chi connectivity index (χ0v) is 18.3. The van der Waals surface area contributed by atoms with Gasteiger partial charge in [-0.15, -0.1) is 0 Å². The summed E-state index contributed by atoms with van der Waals surface area (Å²) in [6, 6.07) is 15.4. The Balaban J connectivity index is 1.44. The van der Waals surface area contributed by atoms with Gasteiger partial charge in [0.15, 0.2) is 0 Å². The molecular weight excluding hydrogens is 433 g/mol. The van der Waals surface area contributed by atoms with Gasteiger partial charge in [-0.2, -0.15) is 0 Å². The summed E-state index contributed by atoms with van der Waals surface area (Å²) in [5, 5.41) is 2.83. The Morgan fingerprint density at radius 2 is 1.81 bits per heavy atom. The second-order valence-electron chi connectivity index (χ2n) is 7.11. The first-order valence-corrected chi connectivity index (χ1v) is 11.5. The number of sulfonamides is 1. The van der Waals surface area contributed by atoms with Crippen molar-refractivity contribution in [3.05, 3.63) is 90.0 Å². The quantitative estimate of drug-likeness (QED) is 0.487. The van der Waals surface area contributed by atoms with E-state index < -0.39 is 15.8 Å². The van der Waals surface area contributed by atoms with E-state index in [1.165, 1.54) is 12.1 Å². The molecule has 1 heterocycles. The molecule has 0 saturated heterocycles. The molecule has 1 atom stereocenters. The van der Waals surface area contributed by atoms with Crippen LogP contribution >= 0.6 is 0 Å². The van der Waals surface area contributed by atoms with Crippen LogP contribution in [0.25, 0.3) is 0 Å². The first-order valence-electron chi connectivity index (χ1n) is 10.00. The summed E-state index contributed by atoms with van der Waals surface area (Å²) in [5.74, 6) is -0.118. The van der Waals surface area contributed by atoms with Crippen LogP contribution in [0.4, 0.5) is 4.39 Å². The number of carbonyl (C=O) groups excluding carboxylic acids is 1. The van der Waals surface area contributed by atoms with Gasteiger partial charge in [-0.3, -0.25) is 9.78 Å². The average molecular weight is 458 g/mol. The van der Waals surface area contributed by atoms with Crippen LogP contribution in [0.2, 0.25) is 0 Å². The lowest BCUT2D eigenvalue weighted by atomic mass is 10.1. The van der Waals surface area contributed by atoms with Crippen LogP contribution in [-0.4, -0.2) is 25.9 Å². The molecule has 0 radical (unpaired) electrons. The van der Waals surface area contributed by atoms with Crippen molar-refractivity contribution < 1.29 is 22.3 Å². The van der Waals surface area contributed by atoms with E-state index in [2.05, 4.69) is 15.0 Å². The van der Waals surface area contributed by atoms with E-state index in [0.29, 0.717) is 12.4 Å². The molecule has 3 rings (SSSR count). The highest BCUT2D eigenvalue weighted by Gasteiger charge is 2.15. The van der Waals surface area contributed by atoms with Crippen LogP contribution in [0.5, 0.6) is 5.75 Å². The number of pyridine rings is 1. The summed E-state index contributed by atoms with van der Waals surface area (Å²) in [6.07, 6.45) is 3.41. The zero-order valence-electron chi connectivity index (χ0n) is 17.5. The first-order chi connectivity index (χ1) is 15.3.